The number of rotatable bonds is 9. The van der Waals surface area contributed by atoms with Crippen LogP contribution in [0.3, 0.4) is 0 Å². The highest BCUT2D eigenvalue weighted by atomic mass is 35.5. The average Bonchev–Trinajstić information content (AvgIpc) is 3.09. The number of hydrogen-bond acceptors (Lipinski definition) is 5. The summed E-state index contributed by atoms with van der Waals surface area (Å²) in [6, 6.07) is 5.50. The van der Waals surface area contributed by atoms with Crippen molar-refractivity contribution in [3.8, 4) is 5.75 Å². The lowest BCUT2D eigenvalue weighted by Crippen LogP contribution is -2.33. The fraction of sp³-hybridized carbons (Fsp3) is 0.632. The van der Waals surface area contributed by atoms with Gasteiger partial charge in [0, 0.05) is 6.54 Å². The Kier molecular flexibility index (Phi) is 8.38. The summed E-state index contributed by atoms with van der Waals surface area (Å²) in [5.74, 6) is 0.826. The number of nitrogens with zero attached hydrogens (tertiary/aromatic N) is 3. The quantitative estimate of drug-likeness (QED) is 0.584. The highest BCUT2D eigenvalue weighted by Crippen LogP contribution is 2.26. The lowest BCUT2D eigenvalue weighted by molar-refractivity contribution is 0.184. The molecule has 1 fully saturated rings. The Morgan fingerprint density at radius 1 is 1.15 bits per heavy atom. The monoisotopic (exact) mass is 415 g/mol. The van der Waals surface area contributed by atoms with Crippen molar-refractivity contribution >= 4 is 33.3 Å². The standard InChI is InChI=1S/C19H29N3O3S.ClH/c1-2-3-7-15-26(23,24)22-18-9-8-10-19(17(18)16-20-22)25-14-13-21-11-5-4-6-12-21;/h8-10,16H,2-7,11-15H2,1H3;1H. The van der Waals surface area contributed by atoms with Gasteiger partial charge in [0.25, 0.3) is 10.0 Å². The topological polar surface area (TPSA) is 64.4 Å². The highest BCUT2D eigenvalue weighted by molar-refractivity contribution is 7.89. The fourth-order valence-electron chi connectivity index (χ4n) is 3.44. The van der Waals surface area contributed by atoms with E-state index in [0.717, 1.165) is 41.9 Å². The molecule has 27 heavy (non-hydrogen) atoms. The van der Waals surface area contributed by atoms with Gasteiger partial charge in [0.15, 0.2) is 0 Å². The molecule has 0 atom stereocenters. The third-order valence-electron chi connectivity index (χ3n) is 4.92. The van der Waals surface area contributed by atoms with Gasteiger partial charge in [0.1, 0.15) is 12.4 Å². The molecule has 1 saturated heterocycles. The van der Waals surface area contributed by atoms with Crippen molar-refractivity contribution in [2.75, 3.05) is 32.0 Å². The minimum absolute atomic E-state index is 0. The molecule has 2 aromatic rings. The molecule has 1 aliphatic heterocycles. The maximum Gasteiger partial charge on any atom is 0.254 e. The van der Waals surface area contributed by atoms with Crippen molar-refractivity contribution in [3.05, 3.63) is 24.4 Å². The Balaban J connectivity index is 0.00000261. The summed E-state index contributed by atoms with van der Waals surface area (Å²) in [4.78, 5) is 2.42. The number of likely N-dealkylation sites (tertiary alicyclic amines) is 1. The van der Waals surface area contributed by atoms with Crippen LogP contribution >= 0.6 is 12.4 Å². The molecule has 152 valence electrons. The molecule has 0 N–H and O–H groups in total. The molecule has 0 spiro atoms. The second-order valence-corrected chi connectivity index (χ2v) is 8.87. The third-order valence-corrected chi connectivity index (χ3v) is 6.55. The third kappa shape index (κ3) is 5.59. The summed E-state index contributed by atoms with van der Waals surface area (Å²) in [5, 5.41) is 4.90. The number of unbranched alkanes of at least 4 members (excludes halogenated alkanes) is 2. The van der Waals surface area contributed by atoms with Crippen molar-refractivity contribution in [2.45, 2.75) is 45.4 Å². The van der Waals surface area contributed by atoms with Gasteiger partial charge in [-0.25, -0.2) is 8.42 Å². The molecule has 1 aromatic heterocycles. The van der Waals surface area contributed by atoms with Gasteiger partial charge in [0.2, 0.25) is 0 Å². The smallest absolute Gasteiger partial charge is 0.254 e. The molecule has 0 aliphatic carbocycles. The molecule has 0 amide bonds. The highest BCUT2D eigenvalue weighted by Gasteiger charge is 2.19. The van der Waals surface area contributed by atoms with Crippen molar-refractivity contribution in [2.24, 2.45) is 0 Å². The van der Waals surface area contributed by atoms with E-state index in [1.165, 1.54) is 19.3 Å². The number of fused-ring (bicyclic) bond motifs is 1. The molecule has 0 radical (unpaired) electrons. The minimum Gasteiger partial charge on any atom is -0.491 e. The molecule has 0 saturated carbocycles. The Labute approximate surface area is 168 Å². The number of ether oxygens (including phenoxy) is 1. The van der Waals surface area contributed by atoms with Gasteiger partial charge in [-0.1, -0.05) is 32.3 Å². The van der Waals surface area contributed by atoms with Gasteiger partial charge < -0.3 is 4.74 Å². The van der Waals surface area contributed by atoms with Gasteiger partial charge >= 0.3 is 0 Å². The summed E-state index contributed by atoms with van der Waals surface area (Å²) in [5.41, 5.74) is 0.594. The maximum absolute atomic E-state index is 12.6. The number of halogens is 1. The maximum atomic E-state index is 12.6. The lowest BCUT2D eigenvalue weighted by atomic mass is 10.1. The molecule has 1 aromatic carbocycles. The molecule has 6 nitrogen and oxygen atoms in total. The van der Waals surface area contributed by atoms with Crippen LogP contribution in [0.1, 0.15) is 45.4 Å². The Morgan fingerprint density at radius 3 is 2.67 bits per heavy atom. The fourth-order valence-corrected chi connectivity index (χ4v) is 4.83. The van der Waals surface area contributed by atoms with E-state index in [2.05, 4.69) is 16.9 Å². The van der Waals surface area contributed by atoms with Crippen LogP contribution < -0.4 is 4.74 Å². The normalized spacial score (nSPS) is 15.6. The first kappa shape index (κ1) is 22.0. The molecule has 3 rings (SSSR count). The average molecular weight is 416 g/mol. The summed E-state index contributed by atoms with van der Waals surface area (Å²) in [7, 11) is -3.43. The number of piperidine rings is 1. The second-order valence-electron chi connectivity index (χ2n) is 6.95. The van der Waals surface area contributed by atoms with E-state index in [0.29, 0.717) is 24.3 Å². The summed E-state index contributed by atoms with van der Waals surface area (Å²) in [6.07, 6.45) is 8.00. The van der Waals surface area contributed by atoms with Crippen LogP contribution in [0.15, 0.2) is 24.4 Å². The van der Waals surface area contributed by atoms with E-state index in [1.54, 1.807) is 12.3 Å². The first-order valence-corrected chi connectivity index (χ1v) is 11.3. The number of aromatic nitrogens is 2. The summed E-state index contributed by atoms with van der Waals surface area (Å²) < 4.78 is 32.3. The Hall–Kier alpha value is -1.31. The second kappa shape index (κ2) is 10.3. The van der Waals surface area contributed by atoms with E-state index >= 15 is 0 Å². The van der Waals surface area contributed by atoms with E-state index < -0.39 is 10.0 Å². The predicted octanol–water partition coefficient (Wildman–Crippen LogP) is 3.69. The van der Waals surface area contributed by atoms with Crippen molar-refractivity contribution < 1.29 is 13.2 Å². The molecule has 2 heterocycles. The van der Waals surface area contributed by atoms with Gasteiger partial charge in [0.05, 0.1) is 22.9 Å². The van der Waals surface area contributed by atoms with E-state index in [1.807, 2.05) is 12.1 Å². The van der Waals surface area contributed by atoms with Gasteiger partial charge in [-0.2, -0.15) is 9.19 Å². The van der Waals surface area contributed by atoms with Gasteiger partial charge in [-0.15, -0.1) is 12.4 Å². The van der Waals surface area contributed by atoms with Crippen LogP contribution in [0, 0.1) is 0 Å². The molecule has 1 aliphatic rings. The summed E-state index contributed by atoms with van der Waals surface area (Å²) in [6.45, 7) is 5.85. The minimum atomic E-state index is -3.43. The predicted molar refractivity (Wildman–Crippen MR) is 111 cm³/mol. The van der Waals surface area contributed by atoms with E-state index in [-0.39, 0.29) is 18.2 Å². The summed E-state index contributed by atoms with van der Waals surface area (Å²) >= 11 is 0. The Bertz CT molecular complexity index is 817. The molecule has 8 heteroatoms. The molecular formula is C19H30ClN3O3S. The number of hydrogen-bond donors (Lipinski definition) is 0. The van der Waals surface area contributed by atoms with Crippen LogP contribution in [0.25, 0.3) is 10.9 Å². The number of benzene rings is 1. The lowest BCUT2D eigenvalue weighted by Gasteiger charge is -2.26. The van der Waals surface area contributed by atoms with Crippen LogP contribution in [0.5, 0.6) is 5.75 Å². The first-order chi connectivity index (χ1) is 12.6. The molecule has 0 unspecified atom stereocenters. The SMILES string of the molecule is CCCCCS(=O)(=O)n1ncc2c(OCCN3CCCCC3)cccc21.Cl. The van der Waals surface area contributed by atoms with Crippen LogP contribution in [-0.2, 0) is 10.0 Å². The Morgan fingerprint density at radius 2 is 1.93 bits per heavy atom. The van der Waals surface area contributed by atoms with Crippen LogP contribution in [0.4, 0.5) is 0 Å². The van der Waals surface area contributed by atoms with Gasteiger partial charge in [-0.3, -0.25) is 4.90 Å². The zero-order valence-electron chi connectivity index (χ0n) is 16.0. The van der Waals surface area contributed by atoms with E-state index in [9.17, 15) is 8.42 Å². The zero-order valence-corrected chi connectivity index (χ0v) is 17.6. The zero-order chi connectivity index (χ0) is 18.4. The van der Waals surface area contributed by atoms with Crippen LogP contribution in [-0.4, -0.2) is 54.5 Å². The first-order valence-electron chi connectivity index (χ1n) is 9.67. The van der Waals surface area contributed by atoms with Crippen LogP contribution in [0.2, 0.25) is 0 Å². The molecule has 0 bridgehead atoms. The largest absolute Gasteiger partial charge is 0.491 e. The van der Waals surface area contributed by atoms with E-state index in [4.69, 9.17) is 4.74 Å². The molecular weight excluding hydrogens is 386 g/mol. The van der Waals surface area contributed by atoms with Crippen molar-refractivity contribution in [1.82, 2.24) is 14.1 Å². The van der Waals surface area contributed by atoms with Crippen molar-refractivity contribution in [3.63, 3.8) is 0 Å². The van der Waals surface area contributed by atoms with Crippen molar-refractivity contribution in [1.29, 1.82) is 0 Å². The van der Waals surface area contributed by atoms with Gasteiger partial charge in [-0.05, 0) is 44.5 Å².